The highest BCUT2D eigenvalue weighted by Crippen LogP contribution is 2.20. The van der Waals surface area contributed by atoms with Gasteiger partial charge in [0.2, 0.25) is 0 Å². The molecule has 1 aromatic heterocycles. The van der Waals surface area contributed by atoms with Gasteiger partial charge >= 0.3 is 0 Å². The van der Waals surface area contributed by atoms with Crippen molar-refractivity contribution in [3.05, 3.63) is 42.1 Å². The number of nitrogens with two attached hydrogens (primary N) is 1. The highest BCUT2D eigenvalue weighted by atomic mass is 15.2. The van der Waals surface area contributed by atoms with E-state index in [1.54, 1.807) is 4.68 Å². The van der Waals surface area contributed by atoms with Gasteiger partial charge in [-0.15, -0.1) is 0 Å². The molecule has 2 rings (SSSR count). The summed E-state index contributed by atoms with van der Waals surface area (Å²) in [5.74, 6) is 0. The molecule has 0 radical (unpaired) electrons. The van der Waals surface area contributed by atoms with Crippen molar-refractivity contribution < 1.29 is 0 Å². The fourth-order valence-corrected chi connectivity index (χ4v) is 1.71. The van der Waals surface area contributed by atoms with Crippen LogP contribution in [0.4, 0.5) is 0 Å². The van der Waals surface area contributed by atoms with E-state index in [1.807, 2.05) is 19.3 Å². The van der Waals surface area contributed by atoms with Crippen LogP contribution in [0, 0.1) is 0 Å². The molecule has 2 aromatic rings. The van der Waals surface area contributed by atoms with Crippen molar-refractivity contribution in [1.82, 2.24) is 9.78 Å². The van der Waals surface area contributed by atoms with Crippen molar-refractivity contribution in [1.29, 1.82) is 0 Å². The Labute approximate surface area is 95.9 Å². The van der Waals surface area contributed by atoms with Gasteiger partial charge in [0.05, 0.1) is 5.69 Å². The van der Waals surface area contributed by atoms with Gasteiger partial charge in [-0.25, -0.2) is 0 Å². The van der Waals surface area contributed by atoms with E-state index in [1.165, 1.54) is 5.56 Å². The molecular formula is C13H17N3. The van der Waals surface area contributed by atoms with Crippen LogP contribution in [0.1, 0.15) is 24.9 Å². The van der Waals surface area contributed by atoms with Crippen LogP contribution in [0.15, 0.2) is 36.5 Å². The molecule has 1 atom stereocenters. The molecule has 0 saturated carbocycles. The summed E-state index contributed by atoms with van der Waals surface area (Å²) >= 11 is 0. The minimum atomic E-state index is 0.137. The summed E-state index contributed by atoms with van der Waals surface area (Å²) in [7, 11) is 1.92. The summed E-state index contributed by atoms with van der Waals surface area (Å²) in [6.07, 6.45) is 2.91. The van der Waals surface area contributed by atoms with Crippen molar-refractivity contribution in [2.24, 2.45) is 12.8 Å². The van der Waals surface area contributed by atoms with Crippen molar-refractivity contribution in [2.45, 2.75) is 19.4 Å². The number of hydrogen-bond acceptors (Lipinski definition) is 2. The molecule has 2 N–H and O–H groups in total. The van der Waals surface area contributed by atoms with Gasteiger partial charge in [0.1, 0.15) is 0 Å². The largest absolute Gasteiger partial charge is 0.324 e. The van der Waals surface area contributed by atoms with Gasteiger partial charge in [0, 0.05) is 24.8 Å². The molecule has 16 heavy (non-hydrogen) atoms. The molecule has 3 heteroatoms. The van der Waals surface area contributed by atoms with Gasteiger partial charge in [-0.1, -0.05) is 31.2 Å². The zero-order valence-electron chi connectivity index (χ0n) is 9.72. The monoisotopic (exact) mass is 215 g/mol. The molecule has 0 spiro atoms. The molecule has 84 valence electrons. The Morgan fingerprint density at radius 3 is 2.44 bits per heavy atom. The minimum Gasteiger partial charge on any atom is -0.324 e. The molecule has 1 aromatic carbocycles. The van der Waals surface area contributed by atoms with E-state index >= 15 is 0 Å². The van der Waals surface area contributed by atoms with Crippen LogP contribution < -0.4 is 5.73 Å². The molecule has 0 amide bonds. The molecule has 0 aliphatic heterocycles. The topological polar surface area (TPSA) is 43.8 Å². The zero-order chi connectivity index (χ0) is 11.5. The Balaban J connectivity index is 2.25. The highest BCUT2D eigenvalue weighted by Gasteiger charge is 2.04. The SMILES string of the molecule is CCC(N)c1ccc(-c2ccn(C)n2)cc1. The second-order valence-corrected chi connectivity index (χ2v) is 4.01. The first kappa shape index (κ1) is 10.9. The lowest BCUT2D eigenvalue weighted by Gasteiger charge is -2.09. The van der Waals surface area contributed by atoms with Crippen LogP contribution in [0.2, 0.25) is 0 Å². The van der Waals surface area contributed by atoms with Crippen molar-refractivity contribution >= 4 is 0 Å². The molecule has 0 aliphatic rings. The first-order valence-corrected chi connectivity index (χ1v) is 5.56. The van der Waals surface area contributed by atoms with Crippen LogP contribution in [0.5, 0.6) is 0 Å². The van der Waals surface area contributed by atoms with Crippen LogP contribution in [0.3, 0.4) is 0 Å². The highest BCUT2D eigenvalue weighted by molar-refractivity contribution is 5.58. The van der Waals surface area contributed by atoms with Gasteiger partial charge in [-0.2, -0.15) is 5.10 Å². The van der Waals surface area contributed by atoms with Gasteiger partial charge in [-0.3, -0.25) is 4.68 Å². The van der Waals surface area contributed by atoms with Crippen molar-refractivity contribution in [3.8, 4) is 11.3 Å². The van der Waals surface area contributed by atoms with Gasteiger partial charge in [0.15, 0.2) is 0 Å². The van der Waals surface area contributed by atoms with E-state index in [2.05, 4.69) is 36.3 Å². The number of rotatable bonds is 3. The predicted octanol–water partition coefficient (Wildman–Crippen LogP) is 2.50. The van der Waals surface area contributed by atoms with E-state index < -0.39 is 0 Å². The fourth-order valence-electron chi connectivity index (χ4n) is 1.71. The molecule has 3 nitrogen and oxygen atoms in total. The third-order valence-corrected chi connectivity index (χ3v) is 2.79. The third-order valence-electron chi connectivity index (χ3n) is 2.79. The number of aryl methyl sites for hydroxylation is 1. The van der Waals surface area contributed by atoms with Crippen LogP contribution in [-0.2, 0) is 7.05 Å². The molecule has 0 saturated heterocycles. The average molecular weight is 215 g/mol. The summed E-state index contributed by atoms with van der Waals surface area (Å²) in [6.45, 7) is 2.09. The summed E-state index contributed by atoms with van der Waals surface area (Å²) in [5, 5.41) is 4.36. The number of aromatic nitrogens is 2. The Kier molecular flexibility index (Phi) is 3.06. The summed E-state index contributed by atoms with van der Waals surface area (Å²) in [4.78, 5) is 0. The van der Waals surface area contributed by atoms with Crippen LogP contribution >= 0.6 is 0 Å². The Bertz CT molecular complexity index is 456. The molecular weight excluding hydrogens is 198 g/mol. The smallest absolute Gasteiger partial charge is 0.0923 e. The predicted molar refractivity (Wildman–Crippen MR) is 65.9 cm³/mol. The van der Waals surface area contributed by atoms with Gasteiger partial charge in [0.25, 0.3) is 0 Å². The maximum atomic E-state index is 5.97. The molecule has 1 heterocycles. The van der Waals surface area contributed by atoms with E-state index in [0.29, 0.717) is 0 Å². The van der Waals surface area contributed by atoms with E-state index in [9.17, 15) is 0 Å². The maximum absolute atomic E-state index is 5.97. The lowest BCUT2D eigenvalue weighted by Crippen LogP contribution is -2.08. The van der Waals surface area contributed by atoms with Crippen LogP contribution in [0.25, 0.3) is 11.3 Å². The Hall–Kier alpha value is -1.61. The van der Waals surface area contributed by atoms with Crippen molar-refractivity contribution in [2.75, 3.05) is 0 Å². The lowest BCUT2D eigenvalue weighted by atomic mass is 10.0. The normalized spacial score (nSPS) is 12.7. The van der Waals surface area contributed by atoms with Crippen LogP contribution in [-0.4, -0.2) is 9.78 Å². The molecule has 0 aliphatic carbocycles. The second kappa shape index (κ2) is 4.49. The molecule has 1 unspecified atom stereocenters. The van der Waals surface area contributed by atoms with E-state index in [4.69, 9.17) is 5.73 Å². The number of hydrogen-bond donors (Lipinski definition) is 1. The molecule has 0 bridgehead atoms. The minimum absolute atomic E-state index is 0.137. The third kappa shape index (κ3) is 2.14. The summed E-state index contributed by atoms with van der Waals surface area (Å²) in [6, 6.07) is 10.5. The Morgan fingerprint density at radius 1 is 1.25 bits per heavy atom. The summed E-state index contributed by atoms with van der Waals surface area (Å²) < 4.78 is 1.81. The van der Waals surface area contributed by atoms with Gasteiger partial charge in [-0.05, 0) is 18.1 Å². The lowest BCUT2D eigenvalue weighted by molar-refractivity contribution is 0.699. The second-order valence-electron chi connectivity index (χ2n) is 4.01. The van der Waals surface area contributed by atoms with E-state index in [-0.39, 0.29) is 6.04 Å². The van der Waals surface area contributed by atoms with Gasteiger partial charge < -0.3 is 5.73 Å². The molecule has 0 fully saturated rings. The summed E-state index contributed by atoms with van der Waals surface area (Å²) in [5.41, 5.74) is 9.28. The van der Waals surface area contributed by atoms with Crippen molar-refractivity contribution in [3.63, 3.8) is 0 Å². The first-order valence-electron chi connectivity index (χ1n) is 5.56. The number of nitrogens with zero attached hydrogens (tertiary/aromatic N) is 2. The maximum Gasteiger partial charge on any atom is 0.0923 e. The Morgan fingerprint density at radius 2 is 1.94 bits per heavy atom. The standard InChI is InChI=1S/C13H17N3/c1-3-12(14)10-4-6-11(7-5-10)13-8-9-16(2)15-13/h4-9,12H,3,14H2,1-2H3. The quantitative estimate of drug-likeness (QED) is 0.854. The van der Waals surface area contributed by atoms with E-state index in [0.717, 1.165) is 17.7 Å². The first-order chi connectivity index (χ1) is 7.70. The number of benzene rings is 1. The average Bonchev–Trinajstić information content (AvgIpc) is 2.75. The fraction of sp³-hybridized carbons (Fsp3) is 0.308. The zero-order valence-corrected chi connectivity index (χ0v) is 9.72.